The van der Waals surface area contributed by atoms with Crippen LogP contribution in [0.3, 0.4) is 0 Å². The number of carbonyl (C=O) groups is 1. The molecule has 0 unspecified atom stereocenters. The van der Waals surface area contributed by atoms with Crippen LogP contribution in [0.1, 0.15) is 10.4 Å². The summed E-state index contributed by atoms with van der Waals surface area (Å²) >= 11 is 9.21. The van der Waals surface area contributed by atoms with E-state index in [1.165, 1.54) is 0 Å². The van der Waals surface area contributed by atoms with E-state index in [0.29, 0.717) is 10.6 Å². The highest BCUT2D eigenvalue weighted by molar-refractivity contribution is 9.10. The maximum atomic E-state index is 12.0. The second-order valence-electron chi connectivity index (χ2n) is 4.36. The lowest BCUT2D eigenvalue weighted by Crippen LogP contribution is -2.52. The number of hydrazine groups is 1. The van der Waals surface area contributed by atoms with Crippen molar-refractivity contribution in [2.75, 3.05) is 33.2 Å². The SMILES string of the molecule is CN1CCN(NC(=O)c2ccc(Cl)c(Br)c2)CC1. The van der Waals surface area contributed by atoms with Crippen LogP contribution in [0.25, 0.3) is 0 Å². The number of hydrogen-bond donors (Lipinski definition) is 1. The van der Waals surface area contributed by atoms with Crippen molar-refractivity contribution >= 4 is 33.4 Å². The van der Waals surface area contributed by atoms with Gasteiger partial charge in [0.25, 0.3) is 5.91 Å². The van der Waals surface area contributed by atoms with Crippen molar-refractivity contribution in [3.63, 3.8) is 0 Å². The normalized spacial score (nSPS) is 17.7. The quantitative estimate of drug-likeness (QED) is 0.900. The minimum Gasteiger partial charge on any atom is -0.304 e. The molecule has 0 aromatic heterocycles. The van der Waals surface area contributed by atoms with Crippen LogP contribution in [0.2, 0.25) is 5.02 Å². The molecule has 1 N–H and O–H groups in total. The lowest BCUT2D eigenvalue weighted by Gasteiger charge is -2.32. The van der Waals surface area contributed by atoms with Crippen LogP contribution in [0, 0.1) is 0 Å². The van der Waals surface area contributed by atoms with Gasteiger partial charge in [-0.25, -0.2) is 5.01 Å². The number of halogens is 2. The largest absolute Gasteiger partial charge is 0.304 e. The highest BCUT2D eigenvalue weighted by Crippen LogP contribution is 2.23. The van der Waals surface area contributed by atoms with Crippen LogP contribution in [0.15, 0.2) is 22.7 Å². The van der Waals surface area contributed by atoms with E-state index in [1.807, 2.05) is 5.01 Å². The average Bonchev–Trinajstić information content (AvgIpc) is 2.35. The van der Waals surface area contributed by atoms with Crippen LogP contribution in [-0.2, 0) is 0 Å². The van der Waals surface area contributed by atoms with Crippen LogP contribution >= 0.6 is 27.5 Å². The zero-order valence-electron chi connectivity index (χ0n) is 10.1. The Kier molecular flexibility index (Phi) is 4.61. The highest BCUT2D eigenvalue weighted by Gasteiger charge is 2.16. The topological polar surface area (TPSA) is 35.6 Å². The summed E-state index contributed by atoms with van der Waals surface area (Å²) in [6.07, 6.45) is 0. The minimum absolute atomic E-state index is 0.100. The van der Waals surface area contributed by atoms with Gasteiger partial charge in [-0.05, 0) is 41.2 Å². The maximum absolute atomic E-state index is 12.0. The highest BCUT2D eigenvalue weighted by atomic mass is 79.9. The second kappa shape index (κ2) is 6.02. The fraction of sp³-hybridized carbons (Fsp3) is 0.417. The first-order valence-corrected chi connectivity index (χ1v) is 6.93. The monoisotopic (exact) mass is 331 g/mol. The van der Waals surface area contributed by atoms with E-state index >= 15 is 0 Å². The van der Waals surface area contributed by atoms with Crippen LogP contribution < -0.4 is 5.43 Å². The van der Waals surface area contributed by atoms with Crippen LogP contribution in [-0.4, -0.2) is 49.0 Å². The predicted molar refractivity (Wildman–Crippen MR) is 75.7 cm³/mol. The molecule has 1 aliphatic rings. The van der Waals surface area contributed by atoms with E-state index in [1.54, 1.807) is 18.2 Å². The van der Waals surface area contributed by atoms with E-state index in [4.69, 9.17) is 11.6 Å². The van der Waals surface area contributed by atoms with Crippen molar-refractivity contribution in [2.45, 2.75) is 0 Å². The lowest BCUT2D eigenvalue weighted by molar-refractivity contribution is 0.0662. The molecule has 1 fully saturated rings. The average molecular weight is 333 g/mol. The van der Waals surface area contributed by atoms with Gasteiger partial charge in [-0.2, -0.15) is 0 Å². The third-order valence-electron chi connectivity index (χ3n) is 2.94. The number of amides is 1. The molecule has 1 aromatic carbocycles. The molecule has 1 aromatic rings. The number of nitrogens with zero attached hydrogens (tertiary/aromatic N) is 2. The first kappa shape index (κ1) is 13.8. The van der Waals surface area contributed by atoms with Crippen molar-refractivity contribution in [3.8, 4) is 0 Å². The van der Waals surface area contributed by atoms with Crippen molar-refractivity contribution in [2.24, 2.45) is 0 Å². The minimum atomic E-state index is -0.100. The summed E-state index contributed by atoms with van der Waals surface area (Å²) in [4.78, 5) is 14.3. The summed E-state index contributed by atoms with van der Waals surface area (Å²) < 4.78 is 0.732. The van der Waals surface area contributed by atoms with Gasteiger partial charge in [-0.3, -0.25) is 10.2 Å². The molecule has 18 heavy (non-hydrogen) atoms. The Morgan fingerprint density at radius 2 is 2.00 bits per heavy atom. The van der Waals surface area contributed by atoms with Crippen molar-refractivity contribution in [1.82, 2.24) is 15.3 Å². The molecular weight excluding hydrogens is 318 g/mol. The molecule has 98 valence electrons. The Bertz CT molecular complexity index is 447. The summed E-state index contributed by atoms with van der Waals surface area (Å²) in [5.41, 5.74) is 3.51. The molecule has 6 heteroatoms. The molecule has 1 amide bonds. The van der Waals surface area contributed by atoms with Crippen LogP contribution in [0.4, 0.5) is 0 Å². The first-order chi connectivity index (χ1) is 8.56. The van der Waals surface area contributed by atoms with Gasteiger partial charge < -0.3 is 4.90 Å². The Balaban J connectivity index is 1.97. The van der Waals surface area contributed by atoms with Gasteiger partial charge in [0.15, 0.2) is 0 Å². The number of benzene rings is 1. The summed E-state index contributed by atoms with van der Waals surface area (Å²) in [6.45, 7) is 3.61. The van der Waals surface area contributed by atoms with Gasteiger partial charge in [-0.15, -0.1) is 0 Å². The van der Waals surface area contributed by atoms with E-state index in [2.05, 4.69) is 33.3 Å². The molecule has 0 atom stereocenters. The van der Waals surface area contributed by atoms with Gasteiger partial charge in [0.2, 0.25) is 0 Å². The Hall–Kier alpha value is -0.620. The molecule has 0 bridgehead atoms. The van der Waals surface area contributed by atoms with E-state index in [9.17, 15) is 4.79 Å². The van der Waals surface area contributed by atoms with Gasteiger partial charge in [0, 0.05) is 36.2 Å². The fourth-order valence-electron chi connectivity index (χ4n) is 1.76. The maximum Gasteiger partial charge on any atom is 0.265 e. The van der Waals surface area contributed by atoms with Gasteiger partial charge in [0.05, 0.1) is 5.02 Å². The number of nitrogens with one attached hydrogen (secondary N) is 1. The fourth-order valence-corrected chi connectivity index (χ4v) is 2.26. The molecule has 1 saturated heterocycles. The van der Waals surface area contributed by atoms with Crippen LogP contribution in [0.5, 0.6) is 0 Å². The molecule has 0 saturated carbocycles. The lowest BCUT2D eigenvalue weighted by atomic mass is 10.2. The Morgan fingerprint density at radius 1 is 1.33 bits per heavy atom. The smallest absolute Gasteiger partial charge is 0.265 e. The van der Waals surface area contributed by atoms with E-state index in [0.717, 1.165) is 30.7 Å². The Morgan fingerprint density at radius 3 is 2.61 bits per heavy atom. The molecule has 2 rings (SSSR count). The molecular formula is C12H15BrClN3O. The zero-order valence-corrected chi connectivity index (χ0v) is 12.5. The number of rotatable bonds is 2. The molecule has 0 spiro atoms. The van der Waals surface area contributed by atoms with E-state index < -0.39 is 0 Å². The molecule has 0 radical (unpaired) electrons. The zero-order chi connectivity index (χ0) is 13.1. The van der Waals surface area contributed by atoms with Gasteiger partial charge in [-0.1, -0.05) is 11.6 Å². The van der Waals surface area contributed by atoms with E-state index in [-0.39, 0.29) is 5.91 Å². The van der Waals surface area contributed by atoms with Crippen molar-refractivity contribution in [1.29, 1.82) is 0 Å². The van der Waals surface area contributed by atoms with Crippen molar-refractivity contribution in [3.05, 3.63) is 33.3 Å². The summed E-state index contributed by atoms with van der Waals surface area (Å²) in [6, 6.07) is 5.16. The number of carbonyl (C=O) groups excluding carboxylic acids is 1. The number of likely N-dealkylation sites (N-methyl/N-ethyl adjacent to an activating group) is 1. The summed E-state index contributed by atoms with van der Waals surface area (Å²) in [7, 11) is 2.08. The molecule has 1 heterocycles. The molecule has 4 nitrogen and oxygen atoms in total. The molecule has 1 aliphatic heterocycles. The third kappa shape index (κ3) is 3.45. The number of hydrogen-bond acceptors (Lipinski definition) is 3. The first-order valence-electron chi connectivity index (χ1n) is 5.76. The third-order valence-corrected chi connectivity index (χ3v) is 4.16. The Labute approximate surface area is 120 Å². The predicted octanol–water partition coefficient (Wildman–Crippen LogP) is 1.99. The summed E-state index contributed by atoms with van der Waals surface area (Å²) in [5.74, 6) is -0.100. The number of piperazine rings is 1. The standard InChI is InChI=1S/C12H15BrClN3O/c1-16-4-6-17(7-5-16)15-12(18)9-2-3-11(14)10(13)8-9/h2-3,8H,4-7H2,1H3,(H,15,18). The van der Waals surface area contributed by atoms with Gasteiger partial charge in [0.1, 0.15) is 0 Å². The molecule has 0 aliphatic carbocycles. The summed E-state index contributed by atoms with van der Waals surface area (Å²) in [5, 5.41) is 2.55. The van der Waals surface area contributed by atoms with Gasteiger partial charge >= 0.3 is 0 Å². The van der Waals surface area contributed by atoms with Crippen molar-refractivity contribution < 1.29 is 4.79 Å². The second-order valence-corrected chi connectivity index (χ2v) is 5.62.